The summed E-state index contributed by atoms with van der Waals surface area (Å²) in [6.45, 7) is 35.8. The second-order valence-corrected chi connectivity index (χ2v) is 17.5. The van der Waals surface area contributed by atoms with Gasteiger partial charge in [-0.3, -0.25) is 14.7 Å². The van der Waals surface area contributed by atoms with Crippen molar-refractivity contribution in [3.05, 3.63) is 0 Å². The van der Waals surface area contributed by atoms with Crippen LogP contribution >= 0.6 is 0 Å². The largest absolute Gasteiger partial charge is 0.312 e. The average Bonchev–Trinajstić information content (AvgIpc) is 3.67. The Morgan fingerprint density at radius 2 is 1.16 bits per heavy atom. The highest BCUT2D eigenvalue weighted by atomic mass is 15.3. The summed E-state index contributed by atoms with van der Waals surface area (Å²) in [6, 6.07) is 0.756. The van der Waals surface area contributed by atoms with Gasteiger partial charge in [0.25, 0.3) is 0 Å². The van der Waals surface area contributed by atoms with E-state index in [2.05, 4.69) is 103 Å². The van der Waals surface area contributed by atoms with E-state index in [0.29, 0.717) is 27.6 Å². The molecule has 0 aromatic rings. The first-order valence-electron chi connectivity index (χ1n) is 16.4. The third-order valence-corrected chi connectivity index (χ3v) is 11.6. The molecule has 222 valence electrons. The molecule has 0 amide bonds. The van der Waals surface area contributed by atoms with E-state index in [1.54, 1.807) is 0 Å². The molecule has 3 aliphatic carbocycles. The van der Waals surface area contributed by atoms with Gasteiger partial charge < -0.3 is 5.32 Å². The molecule has 3 spiro atoms. The Morgan fingerprint density at radius 3 is 1.50 bits per heavy atom. The van der Waals surface area contributed by atoms with Crippen molar-refractivity contribution < 1.29 is 0 Å². The second-order valence-electron chi connectivity index (χ2n) is 17.5. The minimum atomic E-state index is 0.347. The highest BCUT2D eigenvalue weighted by molar-refractivity contribution is 5.14. The zero-order valence-corrected chi connectivity index (χ0v) is 27.8. The number of hydrogen-bond donors (Lipinski definition) is 1. The topological polar surface area (TPSA) is 21.8 Å². The first-order valence-corrected chi connectivity index (χ1v) is 16.4. The molecule has 3 aliphatic heterocycles. The third kappa shape index (κ3) is 6.34. The molecule has 6 rings (SSSR count). The lowest BCUT2D eigenvalue weighted by molar-refractivity contribution is 0.0939. The predicted molar refractivity (Wildman–Crippen MR) is 165 cm³/mol. The van der Waals surface area contributed by atoms with E-state index >= 15 is 0 Å². The maximum atomic E-state index is 3.66. The van der Waals surface area contributed by atoms with E-state index in [0.717, 1.165) is 29.8 Å². The summed E-state index contributed by atoms with van der Waals surface area (Å²) in [5, 5.41) is 3.66. The van der Waals surface area contributed by atoms with Crippen LogP contribution in [-0.4, -0.2) is 82.2 Å². The normalized spacial score (nSPS) is 33.3. The maximum Gasteiger partial charge on any atom is 0.0263 e. The summed E-state index contributed by atoms with van der Waals surface area (Å²) in [6.07, 6.45) is 10.2. The number of likely N-dealkylation sites (tertiary alicyclic amines) is 3. The van der Waals surface area contributed by atoms with E-state index in [9.17, 15) is 0 Å². The molecule has 0 aromatic carbocycles. The third-order valence-electron chi connectivity index (χ3n) is 11.6. The van der Waals surface area contributed by atoms with Crippen molar-refractivity contribution in [2.24, 2.45) is 22.7 Å². The Balaban J connectivity index is 0.000000133. The zero-order valence-electron chi connectivity index (χ0n) is 27.8. The van der Waals surface area contributed by atoms with Crippen LogP contribution in [0.4, 0.5) is 0 Å². The molecule has 0 aromatic heterocycles. The van der Waals surface area contributed by atoms with Crippen LogP contribution in [0.5, 0.6) is 0 Å². The van der Waals surface area contributed by atoms with Crippen LogP contribution in [-0.2, 0) is 0 Å². The van der Waals surface area contributed by atoms with Gasteiger partial charge in [0.15, 0.2) is 0 Å². The Hall–Kier alpha value is -0.160. The number of rotatable bonds is 2. The number of hydrogen-bond acceptors (Lipinski definition) is 4. The van der Waals surface area contributed by atoms with Crippen LogP contribution in [0.15, 0.2) is 0 Å². The monoisotopic (exact) mass is 531 g/mol. The van der Waals surface area contributed by atoms with Crippen molar-refractivity contribution in [3.63, 3.8) is 0 Å². The summed E-state index contributed by atoms with van der Waals surface area (Å²) in [5.74, 6) is 1.88. The van der Waals surface area contributed by atoms with Crippen molar-refractivity contribution >= 4 is 0 Å². The first kappa shape index (κ1) is 30.8. The van der Waals surface area contributed by atoms with Gasteiger partial charge in [0.05, 0.1) is 0 Å². The number of likely N-dealkylation sites (N-methyl/N-ethyl adjacent to an activating group) is 1. The van der Waals surface area contributed by atoms with Crippen molar-refractivity contribution in [3.8, 4) is 0 Å². The molecule has 0 bridgehead atoms. The number of nitrogens with one attached hydrogen (secondary N) is 1. The van der Waals surface area contributed by atoms with Gasteiger partial charge in [-0.2, -0.15) is 0 Å². The van der Waals surface area contributed by atoms with Crippen LogP contribution < -0.4 is 5.32 Å². The Labute approximate surface area is 238 Å². The quantitative estimate of drug-likeness (QED) is 0.413. The smallest absolute Gasteiger partial charge is 0.0263 e. The van der Waals surface area contributed by atoms with Gasteiger partial charge in [-0.1, -0.05) is 20.8 Å². The van der Waals surface area contributed by atoms with Crippen molar-refractivity contribution in [1.82, 2.24) is 20.0 Å². The van der Waals surface area contributed by atoms with E-state index in [1.165, 1.54) is 77.7 Å². The summed E-state index contributed by atoms with van der Waals surface area (Å²) in [4.78, 5) is 8.04. The average molecular weight is 531 g/mol. The first-order chi connectivity index (χ1) is 17.4. The van der Waals surface area contributed by atoms with Gasteiger partial charge in [0.2, 0.25) is 0 Å². The zero-order chi connectivity index (χ0) is 28.4. The van der Waals surface area contributed by atoms with Crippen molar-refractivity contribution in [2.45, 2.75) is 156 Å². The number of nitrogens with zero attached hydrogens (tertiary/aromatic N) is 3. The van der Waals surface area contributed by atoms with Crippen LogP contribution in [0.3, 0.4) is 0 Å². The van der Waals surface area contributed by atoms with E-state index in [4.69, 9.17) is 0 Å². The Bertz CT molecular complexity index is 800. The molecule has 3 unspecified atom stereocenters. The van der Waals surface area contributed by atoms with Crippen LogP contribution in [0, 0.1) is 22.7 Å². The lowest BCUT2D eigenvalue weighted by Crippen LogP contribution is -2.47. The van der Waals surface area contributed by atoms with E-state index in [-0.39, 0.29) is 0 Å². The lowest BCUT2D eigenvalue weighted by Gasteiger charge is -2.38. The highest BCUT2D eigenvalue weighted by Gasteiger charge is 2.58. The van der Waals surface area contributed by atoms with Crippen molar-refractivity contribution in [1.29, 1.82) is 0 Å². The molecule has 1 N–H and O–H groups in total. The fourth-order valence-electron chi connectivity index (χ4n) is 8.10. The highest BCUT2D eigenvalue weighted by Crippen LogP contribution is 2.57. The molecule has 3 heterocycles. The molecule has 38 heavy (non-hydrogen) atoms. The fourth-order valence-corrected chi connectivity index (χ4v) is 8.10. The molecule has 4 heteroatoms. The molecule has 3 atom stereocenters. The van der Waals surface area contributed by atoms with E-state index < -0.39 is 0 Å². The molecule has 6 fully saturated rings. The Morgan fingerprint density at radius 1 is 0.658 bits per heavy atom. The van der Waals surface area contributed by atoms with E-state index in [1.807, 2.05) is 0 Å². The fraction of sp³-hybridized carbons (Fsp3) is 1.00. The molecular weight excluding hydrogens is 464 g/mol. The van der Waals surface area contributed by atoms with Gasteiger partial charge in [-0.25, -0.2) is 0 Å². The molecule has 3 saturated heterocycles. The minimum absolute atomic E-state index is 0.347. The van der Waals surface area contributed by atoms with Crippen LogP contribution in [0.2, 0.25) is 0 Å². The molecule has 4 nitrogen and oxygen atoms in total. The van der Waals surface area contributed by atoms with Crippen LogP contribution in [0.25, 0.3) is 0 Å². The summed E-state index contributed by atoms with van der Waals surface area (Å²) >= 11 is 0. The summed E-state index contributed by atoms with van der Waals surface area (Å²) in [5.41, 5.74) is 3.18. The second kappa shape index (κ2) is 10.3. The van der Waals surface area contributed by atoms with Gasteiger partial charge in [-0.15, -0.1) is 0 Å². The SMILES string of the molecule is CC1CCN(C(C)(C)C)C12CC2.CC1CN(C(C)(C)C)CC12CC2.CCNC1CN(C(C)(C)C)CC12CC2. The molecule has 3 saturated carbocycles. The standard InChI is InChI=1S/C12H24N2.2C11H21N/c1-5-13-10-8-14(11(2,3)4)9-12(10)6-7-12;1-9-5-8-12(10(2,3)4)11(9)6-7-11;1-9-7-12(10(2,3)4)8-11(9)5-6-11/h10,13H,5-9H2,1-4H3;2*9H,5-8H2,1-4H3. The van der Waals surface area contributed by atoms with Gasteiger partial charge in [0.1, 0.15) is 0 Å². The lowest BCUT2D eigenvalue weighted by atomic mass is 9.95. The molecule has 0 radical (unpaired) electrons. The summed E-state index contributed by atoms with van der Waals surface area (Å²) < 4.78 is 0. The van der Waals surface area contributed by atoms with Crippen molar-refractivity contribution in [2.75, 3.05) is 39.3 Å². The molecular formula is C34H66N4. The van der Waals surface area contributed by atoms with Gasteiger partial charge >= 0.3 is 0 Å². The molecule has 6 aliphatic rings. The maximum absolute atomic E-state index is 3.66. The van der Waals surface area contributed by atoms with Gasteiger partial charge in [-0.05, 0) is 143 Å². The van der Waals surface area contributed by atoms with Gasteiger partial charge in [0, 0.05) is 54.4 Å². The Kier molecular flexibility index (Phi) is 8.33. The van der Waals surface area contributed by atoms with Crippen LogP contribution in [0.1, 0.15) is 128 Å². The predicted octanol–water partition coefficient (Wildman–Crippen LogP) is 7.03. The minimum Gasteiger partial charge on any atom is -0.312 e. The summed E-state index contributed by atoms with van der Waals surface area (Å²) in [7, 11) is 0.